The predicted octanol–water partition coefficient (Wildman–Crippen LogP) is 2.01. The molecule has 2 atom stereocenters. The van der Waals surface area contributed by atoms with Gasteiger partial charge in [0, 0.05) is 23.2 Å². The largest absolute Gasteiger partial charge is 0.461 e. The lowest BCUT2D eigenvalue weighted by Crippen LogP contribution is -2.50. The van der Waals surface area contributed by atoms with Crippen LogP contribution in [0.15, 0.2) is 63.8 Å². The van der Waals surface area contributed by atoms with E-state index >= 15 is 0 Å². The van der Waals surface area contributed by atoms with Crippen LogP contribution in [0.4, 0.5) is 5.69 Å². The van der Waals surface area contributed by atoms with Gasteiger partial charge in [0.1, 0.15) is 18.2 Å². The van der Waals surface area contributed by atoms with Crippen molar-refractivity contribution < 1.29 is 23.5 Å². The molecule has 0 radical (unpaired) electrons. The number of nitrogens with one attached hydrogen (secondary N) is 2. The third kappa shape index (κ3) is 6.50. The Bertz CT molecular complexity index is 1220. The lowest BCUT2D eigenvalue weighted by Gasteiger charge is -2.19. The summed E-state index contributed by atoms with van der Waals surface area (Å²) in [4.78, 5) is 49.0. The number of carbonyl (C=O) groups excluding carboxylic acids is 3. The van der Waals surface area contributed by atoms with E-state index in [2.05, 4.69) is 10.6 Å². The first-order valence-corrected chi connectivity index (χ1v) is 10.3. The predicted molar refractivity (Wildman–Crippen MR) is 122 cm³/mol. The highest BCUT2D eigenvalue weighted by Crippen LogP contribution is 2.21. The van der Waals surface area contributed by atoms with E-state index in [9.17, 15) is 19.2 Å². The van der Waals surface area contributed by atoms with E-state index in [1.165, 1.54) is 19.1 Å². The number of amides is 2. The first-order chi connectivity index (χ1) is 15.7. The Morgan fingerprint density at radius 1 is 1.06 bits per heavy atom. The fourth-order valence-corrected chi connectivity index (χ4v) is 3.11. The number of hydrogen-bond acceptors (Lipinski definition) is 7. The highest BCUT2D eigenvalue weighted by molar-refractivity contribution is 6.00. The molecule has 9 heteroatoms. The van der Waals surface area contributed by atoms with Crippen molar-refractivity contribution >= 4 is 34.4 Å². The number of nitrogens with two attached hydrogens (primary N) is 1. The van der Waals surface area contributed by atoms with Crippen molar-refractivity contribution in [3.05, 3.63) is 76.1 Å². The molecule has 0 spiro atoms. The van der Waals surface area contributed by atoms with Crippen LogP contribution in [0.1, 0.15) is 24.5 Å². The number of esters is 1. The summed E-state index contributed by atoms with van der Waals surface area (Å²) in [6.07, 6.45) is -0.390. The number of rotatable bonds is 8. The summed E-state index contributed by atoms with van der Waals surface area (Å²) >= 11 is 0. The number of benzene rings is 2. The molecule has 2 aromatic carbocycles. The molecule has 4 N–H and O–H groups in total. The topological polar surface area (TPSA) is 141 Å². The normalized spacial score (nSPS) is 12.6. The van der Waals surface area contributed by atoms with Crippen LogP contribution >= 0.6 is 0 Å². The van der Waals surface area contributed by atoms with Gasteiger partial charge in [-0.3, -0.25) is 14.4 Å². The van der Waals surface area contributed by atoms with Gasteiger partial charge in [-0.25, -0.2) is 4.79 Å². The van der Waals surface area contributed by atoms with E-state index in [-0.39, 0.29) is 13.0 Å². The number of carbonyl (C=O) groups is 3. The van der Waals surface area contributed by atoms with Gasteiger partial charge in [-0.1, -0.05) is 30.3 Å². The van der Waals surface area contributed by atoms with Gasteiger partial charge in [0.05, 0.1) is 12.5 Å². The smallest absolute Gasteiger partial charge is 0.336 e. The van der Waals surface area contributed by atoms with E-state index in [0.29, 0.717) is 11.3 Å². The number of aryl methyl sites for hydroxylation is 1. The average molecular weight is 451 g/mol. The summed E-state index contributed by atoms with van der Waals surface area (Å²) in [6.45, 7) is 3.28. The number of hydrogen-bond donors (Lipinski definition) is 3. The van der Waals surface area contributed by atoms with Gasteiger partial charge in [-0.2, -0.15) is 0 Å². The molecule has 1 heterocycles. The molecule has 0 bridgehead atoms. The van der Waals surface area contributed by atoms with E-state index in [1.807, 2.05) is 18.2 Å². The molecule has 0 aliphatic heterocycles. The van der Waals surface area contributed by atoms with E-state index in [1.54, 1.807) is 31.2 Å². The standard InChI is InChI=1S/C24H25N3O6/c1-14-10-22(29)33-20-11-17(8-9-18(14)20)26-24(31)19(27-23(30)15(2)25)12-21(28)32-13-16-6-4-3-5-7-16/h3-11,15,19H,12-13,25H2,1-2H3,(H,26,31)(H,27,30)/t15-,19-/m0/s1. The molecule has 172 valence electrons. The summed E-state index contributed by atoms with van der Waals surface area (Å²) in [7, 11) is 0. The van der Waals surface area contributed by atoms with Crippen molar-refractivity contribution in [2.75, 3.05) is 5.32 Å². The quantitative estimate of drug-likeness (QED) is 0.351. The van der Waals surface area contributed by atoms with Crippen LogP contribution in [0.3, 0.4) is 0 Å². The van der Waals surface area contributed by atoms with Crippen LogP contribution in [-0.2, 0) is 25.7 Å². The first kappa shape index (κ1) is 23.7. The summed E-state index contributed by atoms with van der Waals surface area (Å²) in [5, 5.41) is 5.82. The van der Waals surface area contributed by atoms with Crippen molar-refractivity contribution in [3.8, 4) is 0 Å². The van der Waals surface area contributed by atoms with Gasteiger partial charge in [0.25, 0.3) is 0 Å². The van der Waals surface area contributed by atoms with Crippen LogP contribution in [0, 0.1) is 6.92 Å². The van der Waals surface area contributed by atoms with Crippen molar-refractivity contribution in [1.29, 1.82) is 0 Å². The molecular formula is C24H25N3O6. The second-order valence-electron chi connectivity index (χ2n) is 7.65. The third-order valence-electron chi connectivity index (χ3n) is 4.88. The molecule has 0 aliphatic rings. The van der Waals surface area contributed by atoms with Gasteiger partial charge in [-0.05, 0) is 37.1 Å². The Hall–Kier alpha value is -3.98. The second kappa shape index (κ2) is 10.6. The molecule has 0 unspecified atom stereocenters. The molecule has 1 aromatic heterocycles. The van der Waals surface area contributed by atoms with Crippen molar-refractivity contribution in [1.82, 2.24) is 5.32 Å². The van der Waals surface area contributed by atoms with Gasteiger partial charge in [-0.15, -0.1) is 0 Å². The van der Waals surface area contributed by atoms with Crippen LogP contribution in [0.5, 0.6) is 0 Å². The molecule has 33 heavy (non-hydrogen) atoms. The monoisotopic (exact) mass is 451 g/mol. The number of anilines is 1. The van der Waals surface area contributed by atoms with Crippen molar-refractivity contribution in [2.45, 2.75) is 39.0 Å². The Morgan fingerprint density at radius 3 is 2.48 bits per heavy atom. The Balaban J connectivity index is 1.73. The van der Waals surface area contributed by atoms with E-state index in [4.69, 9.17) is 14.9 Å². The molecule has 0 saturated heterocycles. The van der Waals surface area contributed by atoms with Crippen molar-refractivity contribution in [2.24, 2.45) is 5.73 Å². The fraction of sp³-hybridized carbons (Fsp3) is 0.250. The maximum Gasteiger partial charge on any atom is 0.336 e. The molecular weight excluding hydrogens is 426 g/mol. The maximum atomic E-state index is 12.9. The molecule has 9 nitrogen and oxygen atoms in total. The lowest BCUT2D eigenvalue weighted by atomic mass is 10.1. The lowest BCUT2D eigenvalue weighted by molar-refractivity contribution is -0.147. The average Bonchev–Trinajstić information content (AvgIpc) is 2.77. The zero-order chi connectivity index (χ0) is 24.0. The summed E-state index contributed by atoms with van der Waals surface area (Å²) in [6, 6.07) is 13.2. The SMILES string of the molecule is Cc1cc(=O)oc2cc(NC(=O)[C@H](CC(=O)OCc3ccccc3)NC(=O)[C@H](C)N)ccc12. The highest BCUT2D eigenvalue weighted by Gasteiger charge is 2.26. The minimum Gasteiger partial charge on any atom is -0.461 e. The van der Waals surface area contributed by atoms with E-state index in [0.717, 1.165) is 16.5 Å². The summed E-state index contributed by atoms with van der Waals surface area (Å²) in [5.41, 5.74) is 7.25. The molecule has 3 rings (SSSR count). The van der Waals surface area contributed by atoms with Gasteiger partial charge in [0.15, 0.2) is 0 Å². The summed E-state index contributed by atoms with van der Waals surface area (Å²) in [5.74, 6) is -1.90. The van der Waals surface area contributed by atoms with E-state index < -0.39 is 35.5 Å². The van der Waals surface area contributed by atoms with Gasteiger partial charge < -0.3 is 25.5 Å². The number of fused-ring (bicyclic) bond motifs is 1. The minimum absolute atomic E-state index is 0.0400. The molecule has 0 saturated carbocycles. The Kier molecular flexibility index (Phi) is 7.57. The third-order valence-corrected chi connectivity index (χ3v) is 4.88. The van der Waals surface area contributed by atoms with Gasteiger partial charge in [0.2, 0.25) is 11.8 Å². The summed E-state index contributed by atoms with van der Waals surface area (Å²) < 4.78 is 10.4. The minimum atomic E-state index is -1.22. The highest BCUT2D eigenvalue weighted by atomic mass is 16.5. The van der Waals surface area contributed by atoms with Crippen LogP contribution in [0.25, 0.3) is 11.0 Å². The molecule has 0 aliphatic carbocycles. The van der Waals surface area contributed by atoms with Crippen LogP contribution in [-0.4, -0.2) is 29.9 Å². The van der Waals surface area contributed by atoms with Gasteiger partial charge >= 0.3 is 11.6 Å². The second-order valence-corrected chi connectivity index (χ2v) is 7.65. The maximum absolute atomic E-state index is 12.9. The zero-order valence-electron chi connectivity index (χ0n) is 18.3. The first-order valence-electron chi connectivity index (χ1n) is 10.3. The molecule has 0 fully saturated rings. The van der Waals surface area contributed by atoms with Crippen LogP contribution < -0.4 is 22.0 Å². The zero-order valence-corrected chi connectivity index (χ0v) is 18.3. The number of ether oxygens (including phenoxy) is 1. The Morgan fingerprint density at radius 2 is 1.79 bits per heavy atom. The Labute approximate surface area is 189 Å². The molecule has 2 amide bonds. The fourth-order valence-electron chi connectivity index (χ4n) is 3.11. The van der Waals surface area contributed by atoms with Crippen LogP contribution in [0.2, 0.25) is 0 Å². The van der Waals surface area contributed by atoms with Crippen molar-refractivity contribution in [3.63, 3.8) is 0 Å². The molecule has 3 aromatic rings.